The Labute approximate surface area is 118 Å². The molecule has 0 amide bonds. The number of hydrogen-bond acceptors (Lipinski definition) is 4. The number of anilines is 2. The Bertz CT molecular complexity index is 606. The number of carbonyl (C=O) groups excluding carboxylic acids is 1. The summed E-state index contributed by atoms with van der Waals surface area (Å²) >= 11 is 0. The van der Waals surface area contributed by atoms with E-state index >= 15 is 0 Å². The second kappa shape index (κ2) is 6.10. The lowest BCUT2D eigenvalue weighted by atomic mass is 10.1. The average Bonchev–Trinajstić information content (AvgIpc) is 2.48. The Balaban J connectivity index is 2.04. The fourth-order valence-electron chi connectivity index (χ4n) is 1.90. The fraction of sp³-hybridized carbons (Fsp3) is 0.188. The molecule has 2 rings (SSSR count). The minimum absolute atomic E-state index is 0.323. The summed E-state index contributed by atoms with van der Waals surface area (Å²) in [6.07, 6.45) is 0. The largest absolute Gasteiger partial charge is 0.465 e. The van der Waals surface area contributed by atoms with Gasteiger partial charge in [-0.3, -0.25) is 0 Å². The minimum Gasteiger partial charge on any atom is -0.465 e. The van der Waals surface area contributed by atoms with Crippen molar-refractivity contribution in [1.29, 1.82) is 0 Å². The Hall–Kier alpha value is -2.49. The lowest BCUT2D eigenvalue weighted by Gasteiger charge is -2.10. The summed E-state index contributed by atoms with van der Waals surface area (Å²) in [6, 6.07) is 13.1. The van der Waals surface area contributed by atoms with Crippen molar-refractivity contribution in [1.82, 2.24) is 0 Å². The summed E-state index contributed by atoms with van der Waals surface area (Å²) < 4.78 is 4.67. The third-order valence-electron chi connectivity index (χ3n) is 3.12. The van der Waals surface area contributed by atoms with Crippen molar-refractivity contribution in [3.05, 3.63) is 59.2 Å². The minimum atomic E-state index is -0.323. The van der Waals surface area contributed by atoms with Crippen LogP contribution >= 0.6 is 0 Å². The molecule has 0 radical (unpaired) electrons. The van der Waals surface area contributed by atoms with Gasteiger partial charge in [-0.15, -0.1) is 0 Å². The van der Waals surface area contributed by atoms with Gasteiger partial charge in [-0.2, -0.15) is 0 Å². The molecule has 0 heterocycles. The van der Waals surface area contributed by atoms with Crippen LogP contribution in [0.15, 0.2) is 42.5 Å². The predicted molar refractivity (Wildman–Crippen MR) is 80.7 cm³/mol. The maximum absolute atomic E-state index is 11.3. The lowest BCUT2D eigenvalue weighted by molar-refractivity contribution is 0.0600. The van der Waals surface area contributed by atoms with Crippen molar-refractivity contribution >= 4 is 17.3 Å². The first kappa shape index (κ1) is 13.9. The van der Waals surface area contributed by atoms with Crippen LogP contribution in [-0.4, -0.2) is 13.1 Å². The van der Waals surface area contributed by atoms with E-state index in [4.69, 9.17) is 5.73 Å². The molecule has 3 N–H and O–H groups in total. The Morgan fingerprint density at radius 3 is 2.55 bits per heavy atom. The Morgan fingerprint density at radius 2 is 1.90 bits per heavy atom. The highest BCUT2D eigenvalue weighted by atomic mass is 16.5. The number of esters is 1. The lowest BCUT2D eigenvalue weighted by Crippen LogP contribution is -2.04. The van der Waals surface area contributed by atoms with Gasteiger partial charge in [0.1, 0.15) is 0 Å². The van der Waals surface area contributed by atoms with E-state index in [2.05, 4.69) is 10.1 Å². The zero-order valence-corrected chi connectivity index (χ0v) is 11.6. The van der Waals surface area contributed by atoms with Crippen molar-refractivity contribution in [3.63, 3.8) is 0 Å². The number of rotatable bonds is 4. The molecule has 0 saturated heterocycles. The van der Waals surface area contributed by atoms with Crippen molar-refractivity contribution in [2.75, 3.05) is 18.2 Å². The van der Waals surface area contributed by atoms with Gasteiger partial charge in [0.25, 0.3) is 0 Å². The molecule has 2 aromatic carbocycles. The number of aryl methyl sites for hydroxylation is 1. The van der Waals surface area contributed by atoms with Crippen LogP contribution in [0.1, 0.15) is 21.5 Å². The second-order valence-electron chi connectivity index (χ2n) is 4.62. The van der Waals surface area contributed by atoms with Crippen LogP contribution < -0.4 is 11.1 Å². The molecular formula is C16H18N2O2. The molecule has 104 valence electrons. The molecule has 4 heteroatoms. The molecule has 0 fully saturated rings. The van der Waals surface area contributed by atoms with Gasteiger partial charge in [0.2, 0.25) is 0 Å². The molecule has 20 heavy (non-hydrogen) atoms. The van der Waals surface area contributed by atoms with E-state index in [0.717, 1.165) is 22.5 Å². The topological polar surface area (TPSA) is 64.3 Å². The molecule has 4 nitrogen and oxygen atoms in total. The molecule has 2 aromatic rings. The number of nitrogens with two attached hydrogens (primary N) is 1. The maximum Gasteiger partial charge on any atom is 0.337 e. The van der Waals surface area contributed by atoms with Gasteiger partial charge in [-0.1, -0.05) is 18.2 Å². The van der Waals surface area contributed by atoms with Crippen molar-refractivity contribution in [3.8, 4) is 0 Å². The van der Waals surface area contributed by atoms with E-state index in [1.807, 2.05) is 37.3 Å². The highest BCUT2D eigenvalue weighted by Gasteiger charge is 2.04. The quantitative estimate of drug-likeness (QED) is 0.662. The van der Waals surface area contributed by atoms with E-state index in [-0.39, 0.29) is 5.97 Å². The Morgan fingerprint density at radius 1 is 1.20 bits per heavy atom. The standard InChI is InChI=1S/C16H18N2O2/c1-11-3-8-14(17)9-15(11)18-10-12-4-6-13(7-5-12)16(19)20-2/h3-9,18H,10,17H2,1-2H3. The smallest absolute Gasteiger partial charge is 0.337 e. The molecule has 0 bridgehead atoms. The summed E-state index contributed by atoms with van der Waals surface area (Å²) in [7, 11) is 1.38. The maximum atomic E-state index is 11.3. The van der Waals surface area contributed by atoms with Gasteiger partial charge < -0.3 is 15.8 Å². The van der Waals surface area contributed by atoms with Gasteiger partial charge >= 0.3 is 5.97 Å². The summed E-state index contributed by atoms with van der Waals surface area (Å²) in [4.78, 5) is 11.3. The first-order valence-corrected chi connectivity index (χ1v) is 6.37. The van der Waals surface area contributed by atoms with E-state index in [9.17, 15) is 4.79 Å². The molecule has 0 saturated carbocycles. The number of nitrogens with one attached hydrogen (secondary N) is 1. The van der Waals surface area contributed by atoms with E-state index < -0.39 is 0 Å². The van der Waals surface area contributed by atoms with Crippen LogP contribution in [-0.2, 0) is 11.3 Å². The van der Waals surface area contributed by atoms with Gasteiger partial charge in [0.05, 0.1) is 12.7 Å². The van der Waals surface area contributed by atoms with Gasteiger partial charge in [-0.05, 0) is 42.3 Å². The first-order chi connectivity index (χ1) is 9.60. The molecule has 0 aliphatic heterocycles. The number of nitrogen functional groups attached to an aromatic ring is 1. The van der Waals surface area contributed by atoms with Crippen LogP contribution in [0.4, 0.5) is 11.4 Å². The first-order valence-electron chi connectivity index (χ1n) is 6.37. The van der Waals surface area contributed by atoms with Crippen LogP contribution in [0.2, 0.25) is 0 Å². The summed E-state index contributed by atoms with van der Waals surface area (Å²) in [5.41, 5.74) is 10.3. The highest BCUT2D eigenvalue weighted by Crippen LogP contribution is 2.19. The number of hydrogen-bond donors (Lipinski definition) is 2. The summed E-state index contributed by atoms with van der Waals surface area (Å²) in [6.45, 7) is 2.70. The highest BCUT2D eigenvalue weighted by molar-refractivity contribution is 5.89. The summed E-state index contributed by atoms with van der Waals surface area (Å²) in [5.74, 6) is -0.323. The van der Waals surface area contributed by atoms with Crippen LogP contribution in [0.3, 0.4) is 0 Å². The molecule has 0 unspecified atom stereocenters. The van der Waals surface area contributed by atoms with Crippen LogP contribution in [0, 0.1) is 6.92 Å². The summed E-state index contributed by atoms with van der Waals surface area (Å²) in [5, 5.41) is 3.34. The van der Waals surface area contributed by atoms with Gasteiger partial charge in [0, 0.05) is 17.9 Å². The molecule has 0 aromatic heterocycles. The zero-order chi connectivity index (χ0) is 14.5. The fourth-order valence-corrected chi connectivity index (χ4v) is 1.90. The molecule has 0 aliphatic rings. The van der Waals surface area contributed by atoms with Crippen molar-refractivity contribution in [2.45, 2.75) is 13.5 Å². The number of carbonyl (C=O) groups is 1. The Kier molecular flexibility index (Phi) is 4.25. The SMILES string of the molecule is COC(=O)c1ccc(CNc2cc(N)ccc2C)cc1. The van der Waals surface area contributed by atoms with E-state index in [1.54, 1.807) is 12.1 Å². The monoisotopic (exact) mass is 270 g/mol. The van der Waals surface area contributed by atoms with Gasteiger partial charge in [0.15, 0.2) is 0 Å². The van der Waals surface area contributed by atoms with Crippen molar-refractivity contribution < 1.29 is 9.53 Å². The van der Waals surface area contributed by atoms with E-state index in [1.165, 1.54) is 7.11 Å². The number of benzene rings is 2. The third kappa shape index (κ3) is 3.29. The number of ether oxygens (including phenoxy) is 1. The molecule has 0 aliphatic carbocycles. The second-order valence-corrected chi connectivity index (χ2v) is 4.62. The van der Waals surface area contributed by atoms with E-state index in [0.29, 0.717) is 12.1 Å². The molecule has 0 spiro atoms. The molecule has 0 atom stereocenters. The normalized spacial score (nSPS) is 10.1. The van der Waals surface area contributed by atoms with Crippen molar-refractivity contribution in [2.24, 2.45) is 0 Å². The predicted octanol–water partition coefficient (Wildman–Crippen LogP) is 2.98. The van der Waals surface area contributed by atoms with Gasteiger partial charge in [-0.25, -0.2) is 4.79 Å². The third-order valence-corrected chi connectivity index (χ3v) is 3.12. The molecular weight excluding hydrogens is 252 g/mol. The zero-order valence-electron chi connectivity index (χ0n) is 11.6. The number of methoxy groups -OCH3 is 1. The van der Waals surface area contributed by atoms with Crippen LogP contribution in [0.5, 0.6) is 0 Å². The average molecular weight is 270 g/mol. The van der Waals surface area contributed by atoms with Crippen LogP contribution in [0.25, 0.3) is 0 Å².